The maximum Gasteiger partial charge on any atom is 0.404 e. The molecule has 0 aliphatic heterocycles. The molecular formula is C17H37ClN2O3Si2. The first-order valence-corrected chi connectivity index (χ1v) is 15.4. The van der Waals surface area contributed by atoms with Crippen molar-refractivity contribution < 1.29 is 14.3 Å². The molecule has 0 aliphatic rings. The maximum atomic E-state index is 10.5. The van der Waals surface area contributed by atoms with Crippen molar-refractivity contribution in [2.24, 2.45) is 0 Å². The van der Waals surface area contributed by atoms with Crippen LogP contribution < -0.4 is 5.32 Å². The number of halogens is 1. The molecule has 0 saturated carbocycles. The van der Waals surface area contributed by atoms with Gasteiger partial charge in [0.1, 0.15) is 0 Å². The number of nitriles is 1. The van der Waals surface area contributed by atoms with Gasteiger partial charge in [-0.1, -0.05) is 54.6 Å². The van der Waals surface area contributed by atoms with Crippen LogP contribution in [0.4, 0.5) is 4.79 Å². The first-order valence-electron chi connectivity index (χ1n) is 8.52. The van der Waals surface area contributed by atoms with Crippen LogP contribution in [0.25, 0.3) is 0 Å². The lowest BCUT2D eigenvalue weighted by Crippen LogP contribution is -2.50. The quantitative estimate of drug-likeness (QED) is 0.455. The predicted octanol–water partition coefficient (Wildman–Crippen LogP) is 5.79. The molecule has 1 amide bonds. The Hall–Kier alpha value is -0.556. The molecule has 0 saturated heterocycles. The summed E-state index contributed by atoms with van der Waals surface area (Å²) in [5, 5.41) is 20.3. The van der Waals surface area contributed by atoms with E-state index in [0.717, 1.165) is 0 Å². The number of hydrogen-bond acceptors (Lipinski definition) is 3. The van der Waals surface area contributed by atoms with Gasteiger partial charge in [-0.25, -0.2) is 4.79 Å². The fourth-order valence-electron chi connectivity index (χ4n) is 1.00. The molecule has 0 fully saturated rings. The summed E-state index contributed by atoms with van der Waals surface area (Å²) in [6, 6.07) is 1.49. The van der Waals surface area contributed by atoms with Crippen LogP contribution in [0.1, 0.15) is 48.5 Å². The van der Waals surface area contributed by atoms with E-state index in [2.05, 4.69) is 60.0 Å². The Labute approximate surface area is 160 Å². The molecule has 0 aliphatic carbocycles. The molecule has 0 rings (SSSR count). The zero-order chi connectivity index (χ0) is 20.9. The third kappa shape index (κ3) is 10.2. The summed E-state index contributed by atoms with van der Waals surface area (Å²) in [4.78, 5) is 10.5. The van der Waals surface area contributed by atoms with E-state index in [-0.39, 0.29) is 5.04 Å². The first-order chi connectivity index (χ1) is 10.8. The van der Waals surface area contributed by atoms with E-state index in [9.17, 15) is 4.79 Å². The molecule has 0 aromatic heterocycles. The lowest BCUT2D eigenvalue weighted by Gasteiger charge is -2.38. The molecule has 2 atom stereocenters. The normalized spacial score (nSPS) is 15.3. The summed E-state index contributed by atoms with van der Waals surface area (Å²) in [5.74, 6) is 0. The topological polar surface area (TPSA) is 82.4 Å². The number of carboxylic acid groups (broad SMARTS) is 1. The van der Waals surface area contributed by atoms with Gasteiger partial charge in [0.15, 0.2) is 21.8 Å². The number of carbonyl (C=O) groups is 1. The van der Waals surface area contributed by atoms with Gasteiger partial charge in [-0.15, -0.1) is 0 Å². The number of nitrogens with one attached hydrogen (secondary N) is 1. The van der Waals surface area contributed by atoms with Crippen molar-refractivity contribution >= 4 is 32.9 Å². The SMILES string of the molecule is CC(C)(C)[Si](C)(C)Cl.C[C@H](NC(=O)O)[C@@H](C#N)O[Si](C)(C)C(C)(C)C. The van der Waals surface area contributed by atoms with Crippen molar-refractivity contribution in [3.05, 3.63) is 0 Å². The fraction of sp³-hybridized carbons (Fsp3) is 0.882. The van der Waals surface area contributed by atoms with E-state index >= 15 is 0 Å². The third-order valence-electron chi connectivity index (χ3n) is 4.94. The molecule has 0 radical (unpaired) electrons. The second-order valence-corrected chi connectivity index (χ2v) is 21.4. The van der Waals surface area contributed by atoms with Gasteiger partial charge >= 0.3 is 6.09 Å². The van der Waals surface area contributed by atoms with E-state index in [1.165, 1.54) is 0 Å². The molecule has 5 nitrogen and oxygen atoms in total. The van der Waals surface area contributed by atoms with E-state index in [1.54, 1.807) is 6.92 Å². The standard InChI is InChI=1S/C11H22N2O3Si.C6H15ClSi/c1-8(13-10(14)15)9(7-12)16-17(5,6)11(2,3)4;1-6(2,3)8(4,5)7/h8-9,13H,1-6H3,(H,14,15);1-5H3/t8-,9+;/m0./s1. The molecule has 8 heteroatoms. The molecular weight excluding hydrogens is 372 g/mol. The average Bonchev–Trinajstić information content (AvgIpc) is 2.31. The Kier molecular flexibility index (Phi) is 10.0. The summed E-state index contributed by atoms with van der Waals surface area (Å²) < 4.78 is 5.87. The first kappa shape index (κ1) is 26.7. The van der Waals surface area contributed by atoms with Gasteiger partial charge in [0, 0.05) is 0 Å². The van der Waals surface area contributed by atoms with Crippen LogP contribution in [0.3, 0.4) is 0 Å². The van der Waals surface area contributed by atoms with E-state index in [1.807, 2.05) is 19.2 Å². The minimum absolute atomic E-state index is 0.00889. The largest absolute Gasteiger partial charge is 0.465 e. The summed E-state index contributed by atoms with van der Waals surface area (Å²) in [7, 11) is -3.44. The molecule has 2 N–H and O–H groups in total. The lowest BCUT2D eigenvalue weighted by molar-refractivity contribution is 0.163. The molecule has 0 aromatic carbocycles. The van der Waals surface area contributed by atoms with E-state index in [4.69, 9.17) is 25.9 Å². The highest BCUT2D eigenvalue weighted by molar-refractivity contribution is 7.20. The molecule has 0 aromatic rings. The number of hydrogen-bond donors (Lipinski definition) is 2. The smallest absolute Gasteiger partial charge is 0.404 e. The maximum absolute atomic E-state index is 10.5. The van der Waals surface area contributed by atoms with E-state index in [0.29, 0.717) is 5.04 Å². The number of rotatable bonds is 4. The highest BCUT2D eigenvalue weighted by Crippen LogP contribution is 2.38. The van der Waals surface area contributed by atoms with Crippen LogP contribution >= 0.6 is 11.1 Å². The summed E-state index contributed by atoms with van der Waals surface area (Å²) in [6.45, 7) is 22.9. The van der Waals surface area contributed by atoms with Crippen molar-refractivity contribution in [1.82, 2.24) is 5.32 Å². The van der Waals surface area contributed by atoms with Crippen LogP contribution in [-0.4, -0.2) is 39.0 Å². The van der Waals surface area contributed by atoms with Gasteiger partial charge in [-0.05, 0) is 30.1 Å². The molecule has 0 unspecified atom stereocenters. The van der Waals surface area contributed by atoms with Gasteiger partial charge in [-0.3, -0.25) is 0 Å². The molecule has 0 bridgehead atoms. The van der Waals surface area contributed by atoms with Crippen LogP contribution in [0.2, 0.25) is 36.3 Å². The van der Waals surface area contributed by atoms with Crippen LogP contribution in [0, 0.1) is 11.3 Å². The van der Waals surface area contributed by atoms with Crippen molar-refractivity contribution in [1.29, 1.82) is 5.26 Å². The highest BCUT2D eigenvalue weighted by Gasteiger charge is 2.40. The summed E-state index contributed by atoms with van der Waals surface area (Å²) in [5.41, 5.74) is 0. The Morgan fingerprint density at radius 3 is 1.68 bits per heavy atom. The second kappa shape index (κ2) is 9.40. The fourth-order valence-corrected chi connectivity index (χ4v) is 2.25. The van der Waals surface area contributed by atoms with Gasteiger partial charge in [0.2, 0.25) is 0 Å². The van der Waals surface area contributed by atoms with Crippen molar-refractivity contribution in [3.8, 4) is 6.07 Å². The van der Waals surface area contributed by atoms with Crippen molar-refractivity contribution in [2.45, 2.75) is 96.9 Å². The van der Waals surface area contributed by atoms with Gasteiger partial charge in [0.25, 0.3) is 0 Å². The van der Waals surface area contributed by atoms with Gasteiger partial charge < -0.3 is 14.8 Å². The summed E-state index contributed by atoms with van der Waals surface area (Å²) in [6.07, 6.45) is -1.89. The number of nitrogens with zero attached hydrogens (tertiary/aromatic N) is 1. The third-order valence-corrected chi connectivity index (χ3v) is 14.7. The Morgan fingerprint density at radius 2 is 1.48 bits per heavy atom. The van der Waals surface area contributed by atoms with Crippen LogP contribution in [0.5, 0.6) is 0 Å². The van der Waals surface area contributed by atoms with Gasteiger partial charge in [0.05, 0.1) is 12.1 Å². The number of amides is 1. The zero-order valence-corrected chi connectivity index (χ0v) is 20.5. The Balaban J connectivity index is 0. The van der Waals surface area contributed by atoms with Crippen LogP contribution in [0.15, 0.2) is 0 Å². The minimum Gasteiger partial charge on any atom is -0.465 e. The van der Waals surface area contributed by atoms with Crippen molar-refractivity contribution in [3.63, 3.8) is 0 Å². The van der Waals surface area contributed by atoms with Crippen LogP contribution in [-0.2, 0) is 4.43 Å². The summed E-state index contributed by atoms with van der Waals surface area (Å²) >= 11 is 6.15. The van der Waals surface area contributed by atoms with Crippen molar-refractivity contribution in [2.75, 3.05) is 0 Å². The zero-order valence-electron chi connectivity index (χ0n) is 17.7. The predicted molar refractivity (Wildman–Crippen MR) is 111 cm³/mol. The Bertz CT molecular complexity index is 460. The highest BCUT2D eigenvalue weighted by atomic mass is 35.6. The lowest BCUT2D eigenvalue weighted by atomic mass is 10.2. The average molecular weight is 409 g/mol. The molecule has 25 heavy (non-hydrogen) atoms. The van der Waals surface area contributed by atoms with Gasteiger partial charge in [-0.2, -0.15) is 16.3 Å². The Morgan fingerprint density at radius 1 is 1.12 bits per heavy atom. The van der Waals surface area contributed by atoms with E-state index < -0.39 is 33.9 Å². The minimum atomic E-state index is -2.06. The monoisotopic (exact) mass is 408 g/mol. The molecule has 0 spiro atoms. The second-order valence-electron chi connectivity index (χ2n) is 9.39. The molecule has 148 valence electrons. The molecule has 0 heterocycles.